The molecule has 0 amide bonds. The van der Waals surface area contributed by atoms with Gasteiger partial charge in [-0.3, -0.25) is 0 Å². The van der Waals surface area contributed by atoms with Gasteiger partial charge in [-0.05, 0) is 0 Å². The van der Waals surface area contributed by atoms with Crippen LogP contribution in [0.2, 0.25) is 0 Å². The summed E-state index contributed by atoms with van der Waals surface area (Å²) in [5.74, 6) is 0. The minimum Gasteiger partial charge on any atom is -0.343 e. The monoisotopic (exact) mass is 197 g/mol. The van der Waals surface area contributed by atoms with Crippen LogP contribution < -0.4 is 0 Å². The molecule has 0 aliphatic heterocycles. The number of unbranched alkanes of at least 4 members (excludes halogenated alkanes) is 1. The summed E-state index contributed by atoms with van der Waals surface area (Å²) in [6.07, 6.45) is 2.28. The van der Waals surface area contributed by atoms with Crippen molar-refractivity contribution < 1.29 is 20.4 Å². The van der Waals surface area contributed by atoms with E-state index in [2.05, 4.69) is 13.8 Å². The molecule has 0 rings (SSSR count). The molecule has 0 heterocycles. The predicted octanol–water partition coefficient (Wildman–Crippen LogP) is 1.68. The Bertz CT molecular complexity index is 9.51. The van der Waals surface area contributed by atoms with Crippen molar-refractivity contribution >= 4 is 9.90 Å². The molecule has 0 spiro atoms. The largest absolute Gasteiger partial charge is 0.343 e. The zero-order valence-electron chi connectivity index (χ0n) is 4.14. The summed E-state index contributed by atoms with van der Waals surface area (Å²) >= 11 is 0. The Balaban J connectivity index is -0.0000000450. The molecule has 0 aromatic carbocycles. The zero-order chi connectivity index (χ0) is 3.41. The van der Waals surface area contributed by atoms with Crippen molar-refractivity contribution in [2.45, 2.75) is 19.8 Å². The van der Waals surface area contributed by atoms with Gasteiger partial charge < -0.3 is 6.92 Å². The van der Waals surface area contributed by atoms with E-state index in [1.807, 2.05) is 0 Å². The second-order valence-corrected chi connectivity index (χ2v) is 0.854. The second-order valence-electron chi connectivity index (χ2n) is 0.854. The first-order chi connectivity index (χ1) is 1.91. The topological polar surface area (TPSA) is 0 Å². The molecule has 0 N–H and O–H groups in total. The minimum atomic E-state index is 0. The Kier molecular flexibility index (Phi) is 43.3. The van der Waals surface area contributed by atoms with E-state index in [-0.39, 0.29) is 30.3 Å². The summed E-state index contributed by atoms with van der Waals surface area (Å²) in [7, 11) is 0. The molecule has 1 unspecified atom stereocenters. The first-order valence-corrected chi connectivity index (χ1v) is 1.71. The third-order valence-corrected chi connectivity index (χ3v) is 0.354. The normalized spacial score (nSPS) is 5.00. The van der Waals surface area contributed by atoms with Gasteiger partial charge in [0, 0.05) is 20.4 Å². The van der Waals surface area contributed by atoms with Gasteiger partial charge in [0.2, 0.25) is 0 Å². The van der Waals surface area contributed by atoms with E-state index in [0.29, 0.717) is 0 Å². The van der Waals surface area contributed by atoms with Crippen LogP contribution in [0.4, 0.5) is 0 Å². The Labute approximate surface area is 57.4 Å². The van der Waals surface area contributed by atoms with Crippen molar-refractivity contribution in [1.82, 2.24) is 0 Å². The molecule has 0 aromatic rings. The van der Waals surface area contributed by atoms with Gasteiger partial charge in [0.15, 0.2) is 0 Å². The van der Waals surface area contributed by atoms with Crippen molar-refractivity contribution in [3.63, 3.8) is 0 Å². The SMILES string of the molecule is P.[CH2-]CCC.[Pd]. The van der Waals surface area contributed by atoms with Crippen LogP contribution in [0.5, 0.6) is 0 Å². The van der Waals surface area contributed by atoms with Crippen molar-refractivity contribution in [3.8, 4) is 0 Å². The van der Waals surface area contributed by atoms with Gasteiger partial charge in [0.1, 0.15) is 0 Å². The molecular formula is C4H12PPd-. The van der Waals surface area contributed by atoms with Crippen LogP contribution in [-0.4, -0.2) is 0 Å². The van der Waals surface area contributed by atoms with E-state index in [9.17, 15) is 0 Å². The van der Waals surface area contributed by atoms with Gasteiger partial charge >= 0.3 is 0 Å². The van der Waals surface area contributed by atoms with Gasteiger partial charge in [-0.2, -0.15) is 16.3 Å². The molecule has 0 saturated carbocycles. The van der Waals surface area contributed by atoms with Crippen molar-refractivity contribution in [3.05, 3.63) is 6.92 Å². The van der Waals surface area contributed by atoms with E-state index >= 15 is 0 Å². The van der Waals surface area contributed by atoms with Crippen LogP contribution in [0.25, 0.3) is 0 Å². The third-order valence-electron chi connectivity index (χ3n) is 0.354. The van der Waals surface area contributed by atoms with Crippen molar-refractivity contribution in [1.29, 1.82) is 0 Å². The Hall–Kier alpha value is 1.09. The molecule has 0 saturated heterocycles. The number of hydrogen-bond donors (Lipinski definition) is 0. The summed E-state index contributed by atoms with van der Waals surface area (Å²) in [6, 6.07) is 0. The third kappa shape index (κ3) is 19.5. The first kappa shape index (κ1) is 15.7. The van der Waals surface area contributed by atoms with E-state index in [1.165, 1.54) is 6.42 Å². The van der Waals surface area contributed by atoms with Gasteiger partial charge in [0.25, 0.3) is 0 Å². The van der Waals surface area contributed by atoms with Gasteiger partial charge in [-0.1, -0.05) is 13.3 Å². The molecule has 0 aliphatic rings. The van der Waals surface area contributed by atoms with E-state index in [4.69, 9.17) is 0 Å². The molecule has 0 bridgehead atoms. The number of hydrogen-bond acceptors (Lipinski definition) is 0. The van der Waals surface area contributed by atoms with Crippen LogP contribution in [0, 0.1) is 6.92 Å². The summed E-state index contributed by atoms with van der Waals surface area (Å²) in [4.78, 5) is 0. The smallest absolute Gasteiger partial charge is 0 e. The fraction of sp³-hybridized carbons (Fsp3) is 0.750. The van der Waals surface area contributed by atoms with Crippen LogP contribution >= 0.6 is 9.90 Å². The zero-order valence-corrected chi connectivity index (χ0v) is 7.11. The quantitative estimate of drug-likeness (QED) is 0.341. The van der Waals surface area contributed by atoms with Crippen LogP contribution in [0.15, 0.2) is 0 Å². The minimum absolute atomic E-state index is 0. The van der Waals surface area contributed by atoms with Gasteiger partial charge in [0.05, 0.1) is 0 Å². The van der Waals surface area contributed by atoms with Crippen LogP contribution in [-0.2, 0) is 20.4 Å². The molecule has 6 heavy (non-hydrogen) atoms. The maximum atomic E-state index is 3.60. The molecule has 44 valence electrons. The summed E-state index contributed by atoms with van der Waals surface area (Å²) in [5.41, 5.74) is 0. The summed E-state index contributed by atoms with van der Waals surface area (Å²) in [5, 5.41) is 0. The maximum absolute atomic E-state index is 3.60. The Morgan fingerprint density at radius 3 is 1.67 bits per heavy atom. The first-order valence-electron chi connectivity index (χ1n) is 1.71. The molecule has 0 aliphatic carbocycles. The van der Waals surface area contributed by atoms with E-state index < -0.39 is 0 Å². The van der Waals surface area contributed by atoms with E-state index in [0.717, 1.165) is 6.42 Å². The van der Waals surface area contributed by atoms with Crippen molar-refractivity contribution in [2.75, 3.05) is 0 Å². The summed E-state index contributed by atoms with van der Waals surface area (Å²) < 4.78 is 0. The summed E-state index contributed by atoms with van der Waals surface area (Å²) in [6.45, 7) is 5.72. The van der Waals surface area contributed by atoms with Gasteiger partial charge in [-0.25, -0.2) is 0 Å². The molecule has 0 nitrogen and oxygen atoms in total. The van der Waals surface area contributed by atoms with Crippen LogP contribution in [0.3, 0.4) is 0 Å². The molecule has 0 fully saturated rings. The predicted molar refractivity (Wildman–Crippen MR) is 31.4 cm³/mol. The second kappa shape index (κ2) is 16.5. The molecule has 0 aromatic heterocycles. The standard InChI is InChI=1S/C4H9.H3P.Pd/c1-3-4-2;;/h1,3-4H2,2H3;1H3;/q-1;;. The fourth-order valence-electron chi connectivity index (χ4n) is 0. The van der Waals surface area contributed by atoms with Crippen molar-refractivity contribution in [2.24, 2.45) is 0 Å². The maximum Gasteiger partial charge on any atom is 0 e. The Morgan fingerprint density at radius 2 is 1.67 bits per heavy atom. The van der Waals surface area contributed by atoms with Crippen LogP contribution in [0.1, 0.15) is 19.8 Å². The average Bonchev–Trinajstić information content (AvgIpc) is 1.37. The molecule has 0 radical (unpaired) electrons. The molecule has 1 atom stereocenters. The van der Waals surface area contributed by atoms with E-state index in [1.54, 1.807) is 0 Å². The molecule has 2 heteroatoms. The molecular weight excluding hydrogens is 185 g/mol. The Morgan fingerprint density at radius 1 is 1.50 bits per heavy atom. The van der Waals surface area contributed by atoms with Gasteiger partial charge in [-0.15, -0.1) is 0 Å². The average molecular weight is 198 g/mol. The fourth-order valence-corrected chi connectivity index (χ4v) is 0. The number of rotatable bonds is 1.